The van der Waals surface area contributed by atoms with E-state index in [1.165, 1.54) is 22.5 Å². The van der Waals surface area contributed by atoms with E-state index in [0.29, 0.717) is 5.75 Å². The third kappa shape index (κ3) is 4.72. The molecular formula is C19H21N3O6S. The molecule has 2 aromatic carbocycles. The highest BCUT2D eigenvalue weighted by Crippen LogP contribution is 2.22. The van der Waals surface area contributed by atoms with E-state index in [0.717, 1.165) is 6.07 Å². The lowest BCUT2D eigenvalue weighted by Gasteiger charge is -2.35. The Morgan fingerprint density at radius 3 is 2.34 bits per heavy atom. The molecule has 0 bridgehead atoms. The molecule has 154 valence electrons. The number of hydrogen-bond donors (Lipinski definition) is 0. The van der Waals surface area contributed by atoms with Crippen molar-refractivity contribution in [2.75, 3.05) is 26.2 Å². The molecule has 3 rings (SSSR count). The number of para-hydroxylation sites is 1. The maximum atomic E-state index is 12.8. The van der Waals surface area contributed by atoms with Gasteiger partial charge in [-0.1, -0.05) is 24.3 Å². The Labute approximate surface area is 168 Å². The normalized spacial score (nSPS) is 16.2. The van der Waals surface area contributed by atoms with Crippen molar-refractivity contribution in [3.63, 3.8) is 0 Å². The molecule has 1 amide bonds. The summed E-state index contributed by atoms with van der Waals surface area (Å²) in [5.41, 5.74) is -0.285. The molecule has 0 saturated carbocycles. The molecule has 1 heterocycles. The topological polar surface area (TPSA) is 110 Å². The number of ether oxygens (including phenoxy) is 1. The highest BCUT2D eigenvalue weighted by molar-refractivity contribution is 7.89. The maximum Gasteiger partial charge on any atom is 0.270 e. The summed E-state index contributed by atoms with van der Waals surface area (Å²) in [7, 11) is -3.88. The molecule has 1 saturated heterocycles. The van der Waals surface area contributed by atoms with E-state index in [9.17, 15) is 23.3 Å². The molecule has 0 aliphatic carbocycles. The molecule has 29 heavy (non-hydrogen) atoms. The van der Waals surface area contributed by atoms with Gasteiger partial charge in [0.15, 0.2) is 6.10 Å². The number of benzene rings is 2. The van der Waals surface area contributed by atoms with Gasteiger partial charge in [-0.05, 0) is 25.1 Å². The van der Waals surface area contributed by atoms with Gasteiger partial charge in [-0.3, -0.25) is 14.9 Å². The first kappa shape index (κ1) is 20.7. The number of nitrogens with zero attached hydrogens (tertiary/aromatic N) is 3. The summed E-state index contributed by atoms with van der Waals surface area (Å²) < 4.78 is 32.5. The average molecular weight is 419 g/mol. The summed E-state index contributed by atoms with van der Waals surface area (Å²) in [6.45, 7) is 2.30. The first-order chi connectivity index (χ1) is 13.8. The van der Waals surface area contributed by atoms with E-state index < -0.39 is 21.1 Å². The second-order valence-electron chi connectivity index (χ2n) is 6.56. The lowest BCUT2D eigenvalue weighted by molar-refractivity contribution is -0.385. The predicted molar refractivity (Wildman–Crippen MR) is 105 cm³/mol. The summed E-state index contributed by atoms with van der Waals surface area (Å²) in [5.74, 6) is 0.362. The van der Waals surface area contributed by atoms with Crippen molar-refractivity contribution in [2.45, 2.75) is 17.9 Å². The molecule has 1 unspecified atom stereocenters. The highest BCUT2D eigenvalue weighted by atomic mass is 32.2. The third-order valence-electron chi connectivity index (χ3n) is 4.62. The van der Waals surface area contributed by atoms with Crippen LogP contribution in [-0.4, -0.2) is 60.7 Å². The summed E-state index contributed by atoms with van der Waals surface area (Å²) >= 11 is 0. The van der Waals surface area contributed by atoms with Gasteiger partial charge in [-0.2, -0.15) is 4.31 Å². The Morgan fingerprint density at radius 1 is 1.07 bits per heavy atom. The number of hydrogen-bond acceptors (Lipinski definition) is 6. The molecule has 0 aromatic heterocycles. The van der Waals surface area contributed by atoms with Crippen LogP contribution in [0.5, 0.6) is 5.75 Å². The molecule has 1 atom stereocenters. The molecule has 1 aliphatic heterocycles. The Balaban J connectivity index is 1.63. The Bertz CT molecular complexity index is 988. The molecule has 2 aromatic rings. The number of carbonyl (C=O) groups is 1. The molecule has 0 N–H and O–H groups in total. The van der Waals surface area contributed by atoms with Crippen LogP contribution in [-0.2, 0) is 14.8 Å². The SMILES string of the molecule is CC(Oc1ccccc1)C(=O)N1CCN(S(=O)(=O)c2cccc([N+](=O)[O-])c2)CC1. The van der Waals surface area contributed by atoms with Gasteiger partial charge in [0.2, 0.25) is 10.0 Å². The molecule has 9 nitrogen and oxygen atoms in total. The fourth-order valence-corrected chi connectivity index (χ4v) is 4.53. The summed E-state index contributed by atoms with van der Waals surface area (Å²) in [5, 5.41) is 10.9. The van der Waals surface area contributed by atoms with Gasteiger partial charge in [-0.25, -0.2) is 8.42 Å². The van der Waals surface area contributed by atoms with E-state index in [2.05, 4.69) is 0 Å². The van der Waals surface area contributed by atoms with Crippen molar-refractivity contribution in [1.29, 1.82) is 0 Å². The lowest BCUT2D eigenvalue weighted by Crippen LogP contribution is -2.53. The average Bonchev–Trinajstić information content (AvgIpc) is 2.74. The minimum absolute atomic E-state index is 0.106. The Morgan fingerprint density at radius 2 is 1.72 bits per heavy atom. The molecule has 1 aliphatic rings. The Hall–Kier alpha value is -2.98. The number of nitro groups is 1. The highest BCUT2D eigenvalue weighted by Gasteiger charge is 2.32. The van der Waals surface area contributed by atoms with Gasteiger partial charge >= 0.3 is 0 Å². The van der Waals surface area contributed by atoms with Gasteiger partial charge < -0.3 is 9.64 Å². The number of nitro benzene ring substituents is 1. The molecule has 1 fully saturated rings. The maximum absolute atomic E-state index is 12.8. The van der Waals surface area contributed by atoms with Crippen LogP contribution in [0.2, 0.25) is 0 Å². The van der Waals surface area contributed by atoms with E-state index >= 15 is 0 Å². The summed E-state index contributed by atoms with van der Waals surface area (Å²) in [4.78, 5) is 24.3. The number of rotatable bonds is 6. The smallest absolute Gasteiger partial charge is 0.270 e. The van der Waals surface area contributed by atoms with Crippen LogP contribution in [0.25, 0.3) is 0 Å². The molecule has 0 spiro atoms. The van der Waals surface area contributed by atoms with Gasteiger partial charge in [-0.15, -0.1) is 0 Å². The zero-order valence-electron chi connectivity index (χ0n) is 15.8. The standard InChI is InChI=1S/C19H21N3O6S/c1-15(28-17-7-3-2-4-8-17)19(23)20-10-12-21(13-11-20)29(26,27)18-9-5-6-16(14-18)22(24)25/h2-9,14-15H,10-13H2,1H3. The summed E-state index contributed by atoms with van der Waals surface area (Å²) in [6, 6.07) is 13.9. The number of non-ortho nitro benzene ring substituents is 1. The van der Waals surface area contributed by atoms with Crippen molar-refractivity contribution in [3.05, 3.63) is 64.7 Å². The lowest BCUT2D eigenvalue weighted by atomic mass is 10.3. The van der Waals surface area contributed by atoms with Crippen LogP contribution >= 0.6 is 0 Å². The van der Waals surface area contributed by atoms with E-state index in [1.54, 1.807) is 24.0 Å². The van der Waals surface area contributed by atoms with Crippen molar-refractivity contribution in [2.24, 2.45) is 0 Å². The quantitative estimate of drug-likeness (QED) is 0.522. The second kappa shape index (κ2) is 8.58. The molecular weight excluding hydrogens is 398 g/mol. The first-order valence-electron chi connectivity index (χ1n) is 9.04. The minimum Gasteiger partial charge on any atom is -0.481 e. The van der Waals surface area contributed by atoms with Crippen LogP contribution in [0.1, 0.15) is 6.92 Å². The molecule has 10 heteroatoms. The number of sulfonamides is 1. The Kier molecular flexibility index (Phi) is 6.14. The third-order valence-corrected chi connectivity index (χ3v) is 6.51. The number of amides is 1. The van der Waals surface area contributed by atoms with Crippen LogP contribution in [0.4, 0.5) is 5.69 Å². The van der Waals surface area contributed by atoms with E-state index in [-0.39, 0.29) is 42.7 Å². The number of carbonyl (C=O) groups excluding carboxylic acids is 1. The minimum atomic E-state index is -3.88. The van der Waals surface area contributed by atoms with Gasteiger partial charge in [0.05, 0.1) is 9.82 Å². The van der Waals surface area contributed by atoms with Gasteiger partial charge in [0, 0.05) is 38.3 Å². The van der Waals surface area contributed by atoms with Crippen LogP contribution in [0, 0.1) is 10.1 Å². The fraction of sp³-hybridized carbons (Fsp3) is 0.316. The number of piperazine rings is 1. The van der Waals surface area contributed by atoms with Crippen molar-refractivity contribution in [1.82, 2.24) is 9.21 Å². The van der Waals surface area contributed by atoms with Crippen LogP contribution < -0.4 is 4.74 Å². The van der Waals surface area contributed by atoms with E-state index in [1.807, 2.05) is 18.2 Å². The van der Waals surface area contributed by atoms with E-state index in [4.69, 9.17) is 4.74 Å². The van der Waals surface area contributed by atoms with Gasteiger partial charge in [0.25, 0.3) is 11.6 Å². The van der Waals surface area contributed by atoms with Crippen molar-refractivity contribution in [3.8, 4) is 5.75 Å². The van der Waals surface area contributed by atoms with Crippen molar-refractivity contribution < 1.29 is 22.9 Å². The van der Waals surface area contributed by atoms with Crippen LogP contribution in [0.3, 0.4) is 0 Å². The monoisotopic (exact) mass is 419 g/mol. The van der Waals surface area contributed by atoms with Gasteiger partial charge in [0.1, 0.15) is 5.75 Å². The zero-order valence-corrected chi connectivity index (χ0v) is 16.6. The van der Waals surface area contributed by atoms with Crippen molar-refractivity contribution >= 4 is 21.6 Å². The largest absolute Gasteiger partial charge is 0.481 e. The second-order valence-corrected chi connectivity index (χ2v) is 8.49. The predicted octanol–water partition coefficient (Wildman–Crippen LogP) is 1.90. The molecule has 0 radical (unpaired) electrons. The fourth-order valence-electron chi connectivity index (χ4n) is 3.07. The zero-order chi connectivity index (χ0) is 21.0. The first-order valence-corrected chi connectivity index (χ1v) is 10.5. The van der Waals surface area contributed by atoms with Crippen LogP contribution in [0.15, 0.2) is 59.5 Å². The summed E-state index contributed by atoms with van der Waals surface area (Å²) in [6.07, 6.45) is -0.697.